The Kier molecular flexibility index (Phi) is 9.91. The van der Waals surface area contributed by atoms with Crippen molar-refractivity contribution in [2.75, 3.05) is 26.4 Å². The maximum atomic E-state index is 13.4. The van der Waals surface area contributed by atoms with E-state index in [9.17, 15) is 9.18 Å². The minimum atomic E-state index is -0.219. The molecule has 0 radical (unpaired) electrons. The summed E-state index contributed by atoms with van der Waals surface area (Å²) in [5.74, 6) is 1.19. The molecule has 0 aliphatic rings. The summed E-state index contributed by atoms with van der Waals surface area (Å²) in [5.41, 5.74) is 2.01. The molecule has 0 bridgehead atoms. The van der Waals surface area contributed by atoms with Crippen LogP contribution in [0.5, 0.6) is 0 Å². The van der Waals surface area contributed by atoms with Gasteiger partial charge in [-0.1, -0.05) is 13.0 Å². The van der Waals surface area contributed by atoms with Crippen LogP contribution in [0, 0.1) is 5.82 Å². The van der Waals surface area contributed by atoms with Gasteiger partial charge in [0, 0.05) is 38.9 Å². The Balaban J connectivity index is 2.45. The van der Waals surface area contributed by atoms with Crippen LogP contribution in [0.2, 0.25) is 0 Å². The van der Waals surface area contributed by atoms with E-state index in [1.807, 2.05) is 13.2 Å². The topological polar surface area (TPSA) is 65.5 Å². The molecule has 0 atom stereocenters. The van der Waals surface area contributed by atoms with Crippen LogP contribution in [-0.4, -0.2) is 38.3 Å². The van der Waals surface area contributed by atoms with Gasteiger partial charge in [0.05, 0.1) is 0 Å². The molecule has 1 aromatic carbocycles. The summed E-state index contributed by atoms with van der Waals surface area (Å²) in [7, 11) is 1.68. The molecule has 0 heterocycles. The third-order valence-electron chi connectivity index (χ3n) is 3.35. The van der Waals surface area contributed by atoms with E-state index >= 15 is 0 Å². The number of hydrogen-bond donors (Lipinski definition) is 3. The van der Waals surface area contributed by atoms with Crippen molar-refractivity contribution in [3.05, 3.63) is 35.1 Å². The summed E-state index contributed by atoms with van der Waals surface area (Å²) >= 11 is 1.66. The molecule has 24 heavy (non-hydrogen) atoms. The molecule has 1 amide bonds. The average Bonchev–Trinajstić information content (AvgIpc) is 2.57. The first-order valence-electron chi connectivity index (χ1n) is 8.08. The molecule has 0 unspecified atom stereocenters. The Morgan fingerprint density at radius 2 is 2.00 bits per heavy atom. The van der Waals surface area contributed by atoms with E-state index in [0.29, 0.717) is 32.0 Å². The molecule has 1 aromatic rings. The van der Waals surface area contributed by atoms with E-state index in [-0.39, 0.29) is 11.7 Å². The van der Waals surface area contributed by atoms with Gasteiger partial charge in [-0.15, -0.1) is 0 Å². The second-order valence-corrected chi connectivity index (χ2v) is 6.16. The number of aliphatic imine (C=N–C) groups is 1. The molecule has 0 spiro atoms. The van der Waals surface area contributed by atoms with Crippen molar-refractivity contribution in [2.24, 2.45) is 4.99 Å². The first kappa shape index (κ1) is 20.3. The predicted molar refractivity (Wildman–Crippen MR) is 99.7 cm³/mol. The van der Waals surface area contributed by atoms with Gasteiger partial charge in [0.2, 0.25) is 5.91 Å². The van der Waals surface area contributed by atoms with Crippen molar-refractivity contribution >= 4 is 23.6 Å². The summed E-state index contributed by atoms with van der Waals surface area (Å²) < 4.78 is 13.4. The van der Waals surface area contributed by atoms with Gasteiger partial charge < -0.3 is 16.0 Å². The third-order valence-corrected chi connectivity index (χ3v) is 3.95. The molecule has 134 valence electrons. The number of nitrogens with zero attached hydrogens (tertiary/aromatic N) is 1. The fraction of sp³-hybridized carbons (Fsp3) is 0.529. The second kappa shape index (κ2) is 11.7. The normalized spacial score (nSPS) is 11.2. The van der Waals surface area contributed by atoms with Gasteiger partial charge in [-0.3, -0.25) is 9.79 Å². The molecule has 0 saturated heterocycles. The van der Waals surface area contributed by atoms with Gasteiger partial charge in [0.15, 0.2) is 5.96 Å². The first-order valence-corrected chi connectivity index (χ1v) is 9.47. The zero-order valence-electron chi connectivity index (χ0n) is 14.6. The van der Waals surface area contributed by atoms with Crippen LogP contribution in [0.4, 0.5) is 4.39 Å². The standard InChI is InChI=1S/C17H27FN4OS/c1-4-8-20-16(23)7-9-21-17(19-2)22-11-13-5-6-15(18)10-14(13)12-24-3/h5-6,10H,4,7-9,11-12H2,1-3H3,(H,20,23)(H2,19,21,22). The largest absolute Gasteiger partial charge is 0.356 e. The SMILES string of the molecule is CCCNC(=O)CCNC(=NC)NCc1ccc(F)cc1CSC. The Hall–Kier alpha value is -1.76. The maximum Gasteiger partial charge on any atom is 0.221 e. The number of carbonyl (C=O) groups is 1. The third kappa shape index (κ3) is 7.68. The number of rotatable bonds is 9. The molecule has 3 N–H and O–H groups in total. The van der Waals surface area contributed by atoms with Crippen LogP contribution in [-0.2, 0) is 17.1 Å². The summed E-state index contributed by atoms with van der Waals surface area (Å²) in [5, 5.41) is 9.14. The Morgan fingerprint density at radius 3 is 2.67 bits per heavy atom. The van der Waals surface area contributed by atoms with Crippen LogP contribution in [0.3, 0.4) is 0 Å². The van der Waals surface area contributed by atoms with E-state index in [2.05, 4.69) is 20.9 Å². The van der Waals surface area contributed by atoms with Gasteiger partial charge in [-0.2, -0.15) is 11.8 Å². The summed E-state index contributed by atoms with van der Waals surface area (Å²) in [4.78, 5) is 15.7. The van der Waals surface area contributed by atoms with Gasteiger partial charge >= 0.3 is 0 Å². The fourth-order valence-corrected chi connectivity index (χ4v) is 2.68. The summed E-state index contributed by atoms with van der Waals surface area (Å²) in [6, 6.07) is 4.83. The second-order valence-electron chi connectivity index (χ2n) is 5.30. The first-order chi connectivity index (χ1) is 11.6. The minimum absolute atomic E-state index is 0.0283. The Bertz CT molecular complexity index is 551. The van der Waals surface area contributed by atoms with Crippen molar-refractivity contribution in [2.45, 2.75) is 32.1 Å². The summed E-state index contributed by atoms with van der Waals surface area (Å²) in [6.07, 6.45) is 3.32. The highest BCUT2D eigenvalue weighted by Crippen LogP contribution is 2.16. The molecule has 0 aromatic heterocycles. The zero-order chi connectivity index (χ0) is 17.8. The van der Waals surface area contributed by atoms with Crippen LogP contribution in [0.1, 0.15) is 30.9 Å². The molecular formula is C17H27FN4OS. The fourth-order valence-electron chi connectivity index (χ4n) is 2.10. The van der Waals surface area contributed by atoms with E-state index < -0.39 is 0 Å². The van der Waals surface area contributed by atoms with Gasteiger partial charge in [-0.05, 0) is 35.9 Å². The monoisotopic (exact) mass is 354 g/mol. The van der Waals surface area contributed by atoms with Gasteiger partial charge in [0.25, 0.3) is 0 Å². The molecule has 7 heteroatoms. The number of thioether (sulfide) groups is 1. The smallest absolute Gasteiger partial charge is 0.221 e. The van der Waals surface area contributed by atoms with Crippen LogP contribution < -0.4 is 16.0 Å². The highest BCUT2D eigenvalue weighted by atomic mass is 32.2. The van der Waals surface area contributed by atoms with Crippen LogP contribution in [0.15, 0.2) is 23.2 Å². The highest BCUT2D eigenvalue weighted by Gasteiger charge is 2.06. The van der Waals surface area contributed by atoms with Crippen molar-refractivity contribution in [3.8, 4) is 0 Å². The average molecular weight is 354 g/mol. The van der Waals surface area contributed by atoms with Crippen molar-refractivity contribution in [1.82, 2.24) is 16.0 Å². The zero-order valence-corrected chi connectivity index (χ0v) is 15.4. The van der Waals surface area contributed by atoms with E-state index in [0.717, 1.165) is 23.3 Å². The van der Waals surface area contributed by atoms with Crippen LogP contribution in [0.25, 0.3) is 0 Å². The van der Waals surface area contributed by atoms with Crippen molar-refractivity contribution in [1.29, 1.82) is 0 Å². The number of hydrogen-bond acceptors (Lipinski definition) is 3. The lowest BCUT2D eigenvalue weighted by molar-refractivity contribution is -0.120. The number of guanidine groups is 1. The minimum Gasteiger partial charge on any atom is -0.356 e. The molecule has 5 nitrogen and oxygen atoms in total. The van der Waals surface area contributed by atoms with E-state index in [1.165, 1.54) is 6.07 Å². The number of nitrogens with one attached hydrogen (secondary N) is 3. The number of halogens is 1. The van der Waals surface area contributed by atoms with Gasteiger partial charge in [0.1, 0.15) is 5.82 Å². The number of carbonyl (C=O) groups excluding carboxylic acids is 1. The molecule has 1 rings (SSSR count). The Labute approximate surface area is 147 Å². The van der Waals surface area contributed by atoms with Crippen molar-refractivity contribution in [3.63, 3.8) is 0 Å². The summed E-state index contributed by atoms with van der Waals surface area (Å²) in [6.45, 7) is 3.79. The Morgan fingerprint density at radius 1 is 1.21 bits per heavy atom. The molecular weight excluding hydrogens is 327 g/mol. The van der Waals surface area contributed by atoms with E-state index in [1.54, 1.807) is 30.9 Å². The molecule has 0 aliphatic heterocycles. The number of amides is 1. The lowest BCUT2D eigenvalue weighted by atomic mass is 10.1. The van der Waals surface area contributed by atoms with Crippen LogP contribution >= 0.6 is 11.8 Å². The molecule has 0 fully saturated rings. The molecule has 0 saturated carbocycles. The number of benzene rings is 1. The lowest BCUT2D eigenvalue weighted by Crippen LogP contribution is -2.39. The maximum absolute atomic E-state index is 13.4. The van der Waals surface area contributed by atoms with Crippen molar-refractivity contribution < 1.29 is 9.18 Å². The lowest BCUT2D eigenvalue weighted by Gasteiger charge is -2.14. The predicted octanol–water partition coefficient (Wildman–Crippen LogP) is 2.27. The van der Waals surface area contributed by atoms with E-state index in [4.69, 9.17) is 0 Å². The van der Waals surface area contributed by atoms with Gasteiger partial charge in [-0.25, -0.2) is 4.39 Å². The highest BCUT2D eigenvalue weighted by molar-refractivity contribution is 7.97. The quantitative estimate of drug-likeness (QED) is 0.470. The molecule has 0 aliphatic carbocycles.